The smallest absolute Gasteiger partial charge is 0.369 e. The Morgan fingerprint density at radius 1 is 1.00 bits per heavy atom. The summed E-state index contributed by atoms with van der Waals surface area (Å²) in [6, 6.07) is 0. The molecule has 9 N–H and O–H groups in total. The van der Waals surface area contributed by atoms with Gasteiger partial charge >= 0.3 is 23.5 Å². The van der Waals surface area contributed by atoms with Gasteiger partial charge in [-0.3, -0.25) is 23.3 Å². The van der Waals surface area contributed by atoms with Gasteiger partial charge in [0.2, 0.25) is 5.95 Å². The van der Waals surface area contributed by atoms with Gasteiger partial charge in [-0.05, 0) is 0 Å². The number of phosphoric acid groups is 3. The number of anilines is 1. The molecule has 2 heterocycles. The summed E-state index contributed by atoms with van der Waals surface area (Å²) >= 11 is 0. The molecule has 0 bridgehead atoms. The number of rotatable bonds is 9. The lowest BCUT2D eigenvalue weighted by molar-refractivity contribution is -0.0162. The highest BCUT2D eigenvalue weighted by atomic mass is 31.2. The van der Waals surface area contributed by atoms with Crippen LogP contribution in [0.25, 0.3) is 11.2 Å². The average Bonchev–Trinajstić information content (AvgIpc) is 2.54. The van der Waals surface area contributed by atoms with Crippen molar-refractivity contribution >= 4 is 40.6 Å². The zero-order valence-corrected chi connectivity index (χ0v) is 16.9. The van der Waals surface area contributed by atoms with Crippen molar-refractivity contribution < 1.29 is 56.6 Å². The van der Waals surface area contributed by atoms with Gasteiger partial charge in [0.05, 0.1) is 18.5 Å². The van der Waals surface area contributed by atoms with Crippen LogP contribution in [-0.2, 0) is 27.3 Å². The molecule has 0 aliphatic heterocycles. The van der Waals surface area contributed by atoms with Crippen LogP contribution in [0.4, 0.5) is 5.95 Å². The predicted molar refractivity (Wildman–Crippen MR) is 93.1 cm³/mol. The summed E-state index contributed by atoms with van der Waals surface area (Å²) in [5.41, 5.74) is 2.98. The topological polar surface area (TPSA) is 298 Å². The fraction of sp³-hybridized carbons (Fsp3) is 0.333. The molecule has 21 heteroatoms. The Morgan fingerprint density at radius 2 is 1.60 bits per heavy atom. The molecular weight excluding hydrogens is 479 g/mol. The molecule has 2 unspecified atom stereocenters. The second-order valence-corrected chi connectivity index (χ2v) is 8.98. The van der Waals surface area contributed by atoms with Crippen molar-refractivity contribution in [2.24, 2.45) is 0 Å². The van der Waals surface area contributed by atoms with Crippen LogP contribution in [0.5, 0.6) is 0 Å². The van der Waals surface area contributed by atoms with Crippen LogP contribution in [0, 0.1) is 0 Å². The molecule has 2 rings (SSSR count). The minimum Gasteiger partial charge on any atom is -0.369 e. The molecule has 168 valence electrons. The summed E-state index contributed by atoms with van der Waals surface area (Å²) in [6.45, 7) is -1.32. The van der Waals surface area contributed by atoms with Crippen LogP contribution in [0.15, 0.2) is 11.0 Å². The number of nitrogens with two attached hydrogens (primary N) is 1. The normalized spacial score (nSPS) is 15.3. The zero-order valence-electron chi connectivity index (χ0n) is 14.2. The molecule has 0 aliphatic rings. The predicted octanol–water partition coefficient (Wildman–Crippen LogP) is -1.97. The van der Waals surface area contributed by atoms with E-state index in [9.17, 15) is 18.5 Å². The highest BCUT2D eigenvalue weighted by Gasteiger charge is 2.38. The number of nitrogen functional groups attached to an aromatic ring is 1. The monoisotopic (exact) mass is 493 g/mol. The second-order valence-electron chi connectivity index (χ2n) is 5.36. The third kappa shape index (κ3) is 7.55. The molecule has 0 aromatic carbocycles. The number of hydrogen-bond donors (Lipinski definition) is 8. The van der Waals surface area contributed by atoms with Gasteiger partial charge in [-0.25, -0.2) is 23.7 Å². The van der Waals surface area contributed by atoms with Crippen molar-refractivity contribution in [2.45, 2.75) is 12.2 Å². The molecule has 0 saturated carbocycles. The SMILES string of the molecule is Nc1nc2ncc(C(OP(=O)(O)O)C(COP(=O)(O)O)OP(=O)(O)O)nc2c(=O)[nH]1. The van der Waals surface area contributed by atoms with Gasteiger partial charge in [0, 0.05) is 0 Å². The first kappa shape index (κ1) is 24.6. The van der Waals surface area contributed by atoms with Crippen LogP contribution in [-0.4, -0.2) is 62.0 Å². The summed E-state index contributed by atoms with van der Waals surface area (Å²) < 4.78 is 46.3. The number of H-pyrrole nitrogens is 1. The van der Waals surface area contributed by atoms with Crippen LogP contribution in [0.1, 0.15) is 11.8 Å². The maximum atomic E-state index is 12.0. The van der Waals surface area contributed by atoms with Crippen molar-refractivity contribution in [3.8, 4) is 0 Å². The van der Waals surface area contributed by atoms with Gasteiger partial charge in [0.1, 0.15) is 12.2 Å². The van der Waals surface area contributed by atoms with Gasteiger partial charge < -0.3 is 35.1 Å². The van der Waals surface area contributed by atoms with Crippen molar-refractivity contribution in [3.63, 3.8) is 0 Å². The van der Waals surface area contributed by atoms with E-state index in [2.05, 4.69) is 33.5 Å². The van der Waals surface area contributed by atoms with Crippen molar-refractivity contribution in [1.82, 2.24) is 19.9 Å². The Balaban J connectivity index is 2.59. The number of fused-ring (bicyclic) bond motifs is 1. The Hall–Kier alpha value is -1.65. The molecular formula is C9H14N5O13P3. The van der Waals surface area contributed by atoms with E-state index >= 15 is 0 Å². The Kier molecular flexibility index (Phi) is 7.25. The number of hydrogen-bond acceptors (Lipinski definition) is 11. The van der Waals surface area contributed by atoms with Crippen LogP contribution >= 0.6 is 23.5 Å². The highest BCUT2D eigenvalue weighted by molar-refractivity contribution is 7.47. The number of aromatic nitrogens is 4. The molecule has 18 nitrogen and oxygen atoms in total. The largest absolute Gasteiger partial charge is 0.470 e. The van der Waals surface area contributed by atoms with E-state index in [1.54, 1.807) is 0 Å². The second kappa shape index (κ2) is 8.84. The van der Waals surface area contributed by atoms with Gasteiger partial charge in [0.25, 0.3) is 5.56 Å². The molecule has 0 fully saturated rings. The van der Waals surface area contributed by atoms with E-state index in [-0.39, 0.29) is 11.6 Å². The number of nitrogens with one attached hydrogen (secondary N) is 1. The van der Waals surface area contributed by atoms with E-state index in [4.69, 9.17) is 35.1 Å². The van der Waals surface area contributed by atoms with Gasteiger partial charge in [-0.15, -0.1) is 0 Å². The zero-order chi connectivity index (χ0) is 22.9. The Bertz CT molecular complexity index is 1120. The van der Waals surface area contributed by atoms with Crippen molar-refractivity contribution in [3.05, 3.63) is 22.2 Å². The van der Waals surface area contributed by atoms with E-state index in [1.165, 1.54) is 0 Å². The first-order chi connectivity index (χ1) is 13.5. The quantitative estimate of drug-likeness (QED) is 0.176. The minimum atomic E-state index is -5.42. The summed E-state index contributed by atoms with van der Waals surface area (Å²) in [4.78, 5) is 79.0. The maximum absolute atomic E-state index is 12.0. The number of aromatic amines is 1. The molecule has 0 radical (unpaired) electrons. The maximum Gasteiger partial charge on any atom is 0.470 e. The molecule has 0 amide bonds. The average molecular weight is 493 g/mol. The standard InChI is InChI=1S/C9H14N5O13P3/c10-9-13-7-5(8(15)14-9)12-3(1-11-7)6(27-30(22,23)24)4(26-29(19,20)21)2-25-28(16,17)18/h1,4,6H,2H2,(H2,16,17,18)(H2,19,20,21)(H2,22,23,24)(H3,10,11,13,14,15). The highest BCUT2D eigenvalue weighted by Crippen LogP contribution is 2.48. The molecule has 30 heavy (non-hydrogen) atoms. The molecule has 2 aromatic heterocycles. The molecule has 2 aromatic rings. The Morgan fingerprint density at radius 3 is 2.13 bits per heavy atom. The fourth-order valence-electron chi connectivity index (χ4n) is 2.07. The summed E-state index contributed by atoms with van der Waals surface area (Å²) in [5.74, 6) is -0.324. The lowest BCUT2D eigenvalue weighted by atomic mass is 10.1. The fourth-order valence-corrected chi connectivity index (χ4v) is 3.47. The van der Waals surface area contributed by atoms with Gasteiger partial charge in [-0.1, -0.05) is 0 Å². The van der Waals surface area contributed by atoms with E-state index in [1.807, 2.05) is 0 Å². The lowest BCUT2D eigenvalue weighted by Gasteiger charge is -2.26. The van der Waals surface area contributed by atoms with Crippen LogP contribution in [0.2, 0.25) is 0 Å². The van der Waals surface area contributed by atoms with Crippen molar-refractivity contribution in [1.29, 1.82) is 0 Å². The third-order valence-electron chi connectivity index (χ3n) is 3.01. The first-order valence-corrected chi connectivity index (χ1v) is 11.8. The van der Waals surface area contributed by atoms with Crippen LogP contribution in [0.3, 0.4) is 0 Å². The first-order valence-electron chi connectivity index (χ1n) is 7.24. The molecule has 0 spiro atoms. The van der Waals surface area contributed by atoms with Crippen LogP contribution < -0.4 is 11.3 Å². The molecule has 0 aliphatic carbocycles. The minimum absolute atomic E-state index is 0.297. The number of phosphoric ester groups is 3. The van der Waals surface area contributed by atoms with Gasteiger partial charge in [-0.2, -0.15) is 4.98 Å². The Labute approximate surface area is 164 Å². The van der Waals surface area contributed by atoms with Gasteiger partial charge in [0.15, 0.2) is 11.2 Å². The summed E-state index contributed by atoms with van der Waals surface area (Å²) in [6.07, 6.45) is -3.71. The molecule has 0 saturated heterocycles. The lowest BCUT2D eigenvalue weighted by Crippen LogP contribution is -2.29. The van der Waals surface area contributed by atoms with Crippen molar-refractivity contribution in [2.75, 3.05) is 12.3 Å². The van der Waals surface area contributed by atoms with E-state index in [0.717, 1.165) is 6.20 Å². The van der Waals surface area contributed by atoms with E-state index in [0.29, 0.717) is 0 Å². The third-order valence-corrected chi connectivity index (χ3v) is 4.55. The van der Waals surface area contributed by atoms with E-state index < -0.39 is 59.1 Å². The summed E-state index contributed by atoms with van der Waals surface area (Å²) in [7, 11) is -16.1. The number of nitrogens with zero attached hydrogens (tertiary/aromatic N) is 3. The summed E-state index contributed by atoms with van der Waals surface area (Å²) in [5, 5.41) is 0. The molecule has 2 atom stereocenters.